The lowest BCUT2D eigenvalue weighted by atomic mass is 10.2. The summed E-state index contributed by atoms with van der Waals surface area (Å²) in [5.41, 5.74) is 0.467. The highest BCUT2D eigenvalue weighted by molar-refractivity contribution is 9.11. The Morgan fingerprint density at radius 3 is 2.70 bits per heavy atom. The number of anilines is 1. The number of thiophene rings is 1. The molecular weight excluding hydrogens is 352 g/mol. The first-order valence-electron chi connectivity index (χ1n) is 5.69. The molecule has 2 rings (SSSR count). The quantitative estimate of drug-likeness (QED) is 0.804. The van der Waals surface area contributed by atoms with E-state index in [4.69, 9.17) is 4.74 Å². The molecule has 1 N–H and O–H groups in total. The van der Waals surface area contributed by atoms with Crippen molar-refractivity contribution < 1.29 is 18.3 Å². The van der Waals surface area contributed by atoms with E-state index in [2.05, 4.69) is 26.0 Å². The van der Waals surface area contributed by atoms with Crippen LogP contribution in [0, 0.1) is 0 Å². The van der Waals surface area contributed by atoms with Gasteiger partial charge in [-0.05, 0) is 40.2 Å². The number of hydrogen-bond acceptors (Lipinski definition) is 4. The standard InChI is InChI=1S/C13H12BrF2NO2S/c1-18-8-2-4-11(19-13(15)16)10(6-8)17-7-9-3-5-12(14)20-9/h2-6,13,17H,7H2,1H3. The average Bonchev–Trinajstić information content (AvgIpc) is 2.83. The smallest absolute Gasteiger partial charge is 0.387 e. The van der Waals surface area contributed by atoms with Gasteiger partial charge in [0, 0.05) is 17.5 Å². The third-order valence-electron chi connectivity index (χ3n) is 2.48. The summed E-state index contributed by atoms with van der Waals surface area (Å²) in [7, 11) is 1.52. The summed E-state index contributed by atoms with van der Waals surface area (Å²) in [6, 6.07) is 8.54. The van der Waals surface area contributed by atoms with E-state index in [0.29, 0.717) is 18.0 Å². The van der Waals surface area contributed by atoms with Crippen LogP contribution >= 0.6 is 27.3 Å². The predicted octanol–water partition coefficient (Wildman–Crippen LogP) is 4.73. The van der Waals surface area contributed by atoms with Crippen molar-refractivity contribution in [1.29, 1.82) is 0 Å². The van der Waals surface area contributed by atoms with Gasteiger partial charge in [-0.1, -0.05) is 0 Å². The lowest BCUT2D eigenvalue weighted by Crippen LogP contribution is -2.06. The van der Waals surface area contributed by atoms with Crippen molar-refractivity contribution in [3.05, 3.63) is 39.0 Å². The fraction of sp³-hybridized carbons (Fsp3) is 0.231. The Bertz CT molecular complexity index is 577. The Kier molecular flexibility index (Phi) is 5.19. The first kappa shape index (κ1) is 15.1. The number of halogens is 3. The van der Waals surface area contributed by atoms with E-state index in [9.17, 15) is 8.78 Å². The first-order valence-corrected chi connectivity index (χ1v) is 7.30. The second-order valence-corrected chi connectivity index (χ2v) is 6.35. The number of hydrogen-bond donors (Lipinski definition) is 1. The molecular formula is C13H12BrF2NO2S. The van der Waals surface area contributed by atoms with Gasteiger partial charge in [0.25, 0.3) is 0 Å². The molecule has 0 bridgehead atoms. The van der Waals surface area contributed by atoms with Gasteiger partial charge in [-0.3, -0.25) is 0 Å². The van der Waals surface area contributed by atoms with E-state index in [1.54, 1.807) is 23.5 Å². The number of methoxy groups -OCH3 is 1. The van der Waals surface area contributed by atoms with Crippen molar-refractivity contribution in [2.24, 2.45) is 0 Å². The Morgan fingerprint density at radius 1 is 1.30 bits per heavy atom. The molecule has 0 saturated heterocycles. The summed E-state index contributed by atoms with van der Waals surface area (Å²) in [6.07, 6.45) is 0. The minimum absolute atomic E-state index is 0.0939. The van der Waals surface area contributed by atoms with Crippen LogP contribution in [-0.4, -0.2) is 13.7 Å². The molecule has 1 heterocycles. The third kappa shape index (κ3) is 4.08. The monoisotopic (exact) mass is 363 g/mol. The van der Waals surface area contributed by atoms with Crippen LogP contribution in [0.2, 0.25) is 0 Å². The normalized spacial score (nSPS) is 10.7. The molecule has 7 heteroatoms. The highest BCUT2D eigenvalue weighted by Gasteiger charge is 2.11. The zero-order chi connectivity index (χ0) is 14.5. The second-order valence-electron chi connectivity index (χ2n) is 3.80. The number of ether oxygens (including phenoxy) is 2. The molecule has 0 saturated carbocycles. The minimum atomic E-state index is -2.86. The number of rotatable bonds is 6. The van der Waals surface area contributed by atoms with Crippen LogP contribution in [0.25, 0.3) is 0 Å². The topological polar surface area (TPSA) is 30.5 Å². The lowest BCUT2D eigenvalue weighted by molar-refractivity contribution is -0.0493. The highest BCUT2D eigenvalue weighted by atomic mass is 79.9. The molecule has 0 fully saturated rings. The van der Waals surface area contributed by atoms with Crippen LogP contribution in [-0.2, 0) is 6.54 Å². The maximum absolute atomic E-state index is 12.4. The predicted molar refractivity (Wildman–Crippen MR) is 79.0 cm³/mol. The van der Waals surface area contributed by atoms with Crippen LogP contribution in [0.3, 0.4) is 0 Å². The molecule has 0 aliphatic rings. The molecule has 0 atom stereocenters. The maximum atomic E-state index is 12.4. The average molecular weight is 364 g/mol. The van der Waals surface area contributed by atoms with Gasteiger partial charge < -0.3 is 14.8 Å². The maximum Gasteiger partial charge on any atom is 0.387 e. The van der Waals surface area contributed by atoms with Crippen LogP contribution < -0.4 is 14.8 Å². The molecule has 0 spiro atoms. The van der Waals surface area contributed by atoms with Gasteiger partial charge in [-0.2, -0.15) is 8.78 Å². The molecule has 0 radical (unpaired) electrons. The SMILES string of the molecule is COc1ccc(OC(F)F)c(NCc2ccc(Br)s2)c1. The van der Waals surface area contributed by atoms with Crippen molar-refractivity contribution in [2.75, 3.05) is 12.4 Å². The van der Waals surface area contributed by atoms with Gasteiger partial charge in [0.15, 0.2) is 0 Å². The Hall–Kier alpha value is -1.34. The number of alkyl halides is 2. The molecule has 0 unspecified atom stereocenters. The van der Waals surface area contributed by atoms with E-state index in [-0.39, 0.29) is 5.75 Å². The molecule has 3 nitrogen and oxygen atoms in total. The van der Waals surface area contributed by atoms with Crippen LogP contribution in [0.4, 0.5) is 14.5 Å². The van der Waals surface area contributed by atoms with Crippen molar-refractivity contribution in [1.82, 2.24) is 0 Å². The molecule has 2 aromatic rings. The van der Waals surface area contributed by atoms with Crippen LogP contribution in [0.5, 0.6) is 11.5 Å². The van der Waals surface area contributed by atoms with E-state index in [1.807, 2.05) is 12.1 Å². The van der Waals surface area contributed by atoms with Gasteiger partial charge in [0.1, 0.15) is 11.5 Å². The Labute approximate surface area is 127 Å². The molecule has 1 aromatic heterocycles. The Balaban J connectivity index is 2.14. The van der Waals surface area contributed by atoms with Crippen molar-refractivity contribution in [2.45, 2.75) is 13.2 Å². The van der Waals surface area contributed by atoms with Gasteiger partial charge in [0.05, 0.1) is 16.6 Å². The first-order chi connectivity index (χ1) is 9.58. The van der Waals surface area contributed by atoms with E-state index >= 15 is 0 Å². The van der Waals surface area contributed by atoms with Crippen molar-refractivity contribution in [3.63, 3.8) is 0 Å². The second kappa shape index (κ2) is 6.90. The summed E-state index contributed by atoms with van der Waals surface area (Å²) in [6.45, 7) is -2.34. The van der Waals surface area contributed by atoms with Gasteiger partial charge in [0.2, 0.25) is 0 Å². The van der Waals surface area contributed by atoms with Crippen molar-refractivity contribution >= 4 is 33.0 Å². The molecule has 20 heavy (non-hydrogen) atoms. The summed E-state index contributed by atoms with van der Waals surface area (Å²) in [4.78, 5) is 1.07. The fourth-order valence-electron chi connectivity index (χ4n) is 1.60. The lowest BCUT2D eigenvalue weighted by Gasteiger charge is -2.13. The highest BCUT2D eigenvalue weighted by Crippen LogP contribution is 2.31. The summed E-state index contributed by atoms with van der Waals surface area (Å²) < 4.78 is 35.3. The fourth-order valence-corrected chi connectivity index (χ4v) is 3.02. The molecule has 0 amide bonds. The number of nitrogens with one attached hydrogen (secondary N) is 1. The number of benzene rings is 1. The van der Waals surface area contributed by atoms with E-state index in [0.717, 1.165) is 8.66 Å². The zero-order valence-corrected chi connectivity index (χ0v) is 12.9. The summed E-state index contributed by atoms with van der Waals surface area (Å²) in [5.74, 6) is 0.665. The third-order valence-corrected chi connectivity index (χ3v) is 4.11. The molecule has 108 valence electrons. The van der Waals surface area contributed by atoms with Gasteiger partial charge in [-0.15, -0.1) is 11.3 Å². The van der Waals surface area contributed by atoms with Gasteiger partial charge >= 0.3 is 6.61 Å². The van der Waals surface area contributed by atoms with Crippen LogP contribution in [0.1, 0.15) is 4.88 Å². The van der Waals surface area contributed by atoms with Crippen LogP contribution in [0.15, 0.2) is 34.1 Å². The molecule has 0 aliphatic carbocycles. The van der Waals surface area contributed by atoms with Gasteiger partial charge in [-0.25, -0.2) is 0 Å². The molecule has 0 aliphatic heterocycles. The Morgan fingerprint density at radius 2 is 2.10 bits per heavy atom. The molecule has 1 aromatic carbocycles. The van der Waals surface area contributed by atoms with E-state index in [1.165, 1.54) is 13.2 Å². The summed E-state index contributed by atoms with van der Waals surface area (Å²) in [5, 5.41) is 3.07. The minimum Gasteiger partial charge on any atom is -0.497 e. The zero-order valence-electron chi connectivity index (χ0n) is 10.5. The van der Waals surface area contributed by atoms with E-state index < -0.39 is 6.61 Å². The van der Waals surface area contributed by atoms with Crippen molar-refractivity contribution in [3.8, 4) is 11.5 Å². The largest absolute Gasteiger partial charge is 0.497 e. The summed E-state index contributed by atoms with van der Waals surface area (Å²) >= 11 is 4.95.